The molecule has 1 fully saturated rings. The summed E-state index contributed by atoms with van der Waals surface area (Å²) >= 11 is 5.95. The number of carbonyl (C=O) groups is 1. The standard InChI is InChI=1S/C17H21ClF4N2O2/c18-14-3-1-4-15(19)13(14)11-16(25)24-8-6-23(7-9-24)5-2-10-26-12-17(20,21)22/h1,3-4H,2,5-12H2. The number of hydrogen-bond acceptors (Lipinski definition) is 3. The first-order valence-electron chi connectivity index (χ1n) is 8.34. The van der Waals surface area contributed by atoms with Crippen LogP contribution in [0.25, 0.3) is 0 Å². The van der Waals surface area contributed by atoms with E-state index in [4.69, 9.17) is 11.6 Å². The second-order valence-corrected chi connectivity index (χ2v) is 6.53. The van der Waals surface area contributed by atoms with Crippen molar-refractivity contribution < 1.29 is 27.1 Å². The highest BCUT2D eigenvalue weighted by Gasteiger charge is 2.27. The number of alkyl halides is 3. The molecule has 0 saturated carbocycles. The summed E-state index contributed by atoms with van der Waals surface area (Å²) in [6.45, 7) is 1.66. The summed E-state index contributed by atoms with van der Waals surface area (Å²) in [7, 11) is 0. The predicted molar refractivity (Wildman–Crippen MR) is 89.6 cm³/mol. The molecule has 1 aliphatic heterocycles. The van der Waals surface area contributed by atoms with Crippen molar-refractivity contribution in [1.82, 2.24) is 9.80 Å². The summed E-state index contributed by atoms with van der Waals surface area (Å²) < 4.78 is 54.2. The molecule has 1 aliphatic rings. The average molecular weight is 397 g/mol. The van der Waals surface area contributed by atoms with E-state index < -0.39 is 18.6 Å². The van der Waals surface area contributed by atoms with E-state index in [1.807, 2.05) is 0 Å². The Hall–Kier alpha value is -1.38. The highest BCUT2D eigenvalue weighted by atomic mass is 35.5. The van der Waals surface area contributed by atoms with Gasteiger partial charge in [-0.15, -0.1) is 0 Å². The van der Waals surface area contributed by atoms with Crippen molar-refractivity contribution in [1.29, 1.82) is 0 Å². The highest BCUT2D eigenvalue weighted by Crippen LogP contribution is 2.20. The molecule has 0 unspecified atom stereocenters. The smallest absolute Gasteiger partial charge is 0.372 e. The molecular formula is C17H21ClF4N2O2. The van der Waals surface area contributed by atoms with E-state index >= 15 is 0 Å². The van der Waals surface area contributed by atoms with Crippen molar-refractivity contribution in [3.05, 3.63) is 34.6 Å². The van der Waals surface area contributed by atoms with Crippen LogP contribution in [0.2, 0.25) is 5.02 Å². The SMILES string of the molecule is O=C(Cc1c(F)cccc1Cl)N1CCN(CCCOCC(F)(F)F)CC1. The molecule has 9 heteroatoms. The van der Waals surface area contributed by atoms with Crippen LogP contribution < -0.4 is 0 Å². The molecule has 0 aliphatic carbocycles. The third-order valence-corrected chi connectivity index (χ3v) is 4.50. The van der Waals surface area contributed by atoms with Crippen molar-refractivity contribution in [2.45, 2.75) is 19.0 Å². The van der Waals surface area contributed by atoms with Crippen LogP contribution in [0.5, 0.6) is 0 Å². The second-order valence-electron chi connectivity index (χ2n) is 6.12. The maximum atomic E-state index is 13.8. The molecule has 4 nitrogen and oxygen atoms in total. The third-order valence-electron chi connectivity index (χ3n) is 4.14. The number of hydrogen-bond donors (Lipinski definition) is 0. The van der Waals surface area contributed by atoms with E-state index in [2.05, 4.69) is 9.64 Å². The first kappa shape index (κ1) is 20.9. The van der Waals surface area contributed by atoms with E-state index in [1.165, 1.54) is 12.1 Å². The van der Waals surface area contributed by atoms with E-state index in [1.54, 1.807) is 11.0 Å². The Balaban J connectivity index is 1.68. The molecule has 146 valence electrons. The van der Waals surface area contributed by atoms with Gasteiger partial charge in [0.15, 0.2) is 0 Å². The summed E-state index contributed by atoms with van der Waals surface area (Å²) in [4.78, 5) is 16.0. The molecule has 0 spiro atoms. The maximum Gasteiger partial charge on any atom is 0.411 e. The van der Waals surface area contributed by atoms with Gasteiger partial charge in [-0.2, -0.15) is 13.2 Å². The Morgan fingerprint density at radius 3 is 2.50 bits per heavy atom. The zero-order chi connectivity index (χ0) is 19.2. The van der Waals surface area contributed by atoms with Crippen LogP contribution in [0.1, 0.15) is 12.0 Å². The van der Waals surface area contributed by atoms with Gasteiger partial charge in [-0.05, 0) is 18.6 Å². The zero-order valence-electron chi connectivity index (χ0n) is 14.2. The molecular weight excluding hydrogens is 376 g/mol. The van der Waals surface area contributed by atoms with Crippen molar-refractivity contribution in [2.24, 2.45) is 0 Å². The number of ether oxygens (including phenoxy) is 1. The third kappa shape index (κ3) is 6.74. The van der Waals surface area contributed by atoms with Crippen molar-refractivity contribution in [2.75, 3.05) is 45.9 Å². The van der Waals surface area contributed by atoms with Crippen molar-refractivity contribution >= 4 is 17.5 Å². The fraction of sp³-hybridized carbons (Fsp3) is 0.588. The van der Waals surface area contributed by atoms with Gasteiger partial charge in [-0.25, -0.2) is 4.39 Å². The number of amides is 1. The van der Waals surface area contributed by atoms with Crippen LogP contribution in [0, 0.1) is 5.82 Å². The number of benzene rings is 1. The quantitative estimate of drug-likeness (QED) is 0.524. The lowest BCUT2D eigenvalue weighted by molar-refractivity contribution is -0.174. The molecule has 0 radical (unpaired) electrons. The molecule has 0 bridgehead atoms. The van der Waals surface area contributed by atoms with Gasteiger partial charge in [0.1, 0.15) is 12.4 Å². The van der Waals surface area contributed by atoms with E-state index in [0.29, 0.717) is 39.1 Å². The molecule has 0 N–H and O–H groups in total. The summed E-state index contributed by atoms with van der Waals surface area (Å²) in [5.41, 5.74) is 0.198. The molecule has 26 heavy (non-hydrogen) atoms. The van der Waals surface area contributed by atoms with Gasteiger partial charge >= 0.3 is 6.18 Å². The number of piperazine rings is 1. The minimum Gasteiger partial charge on any atom is -0.372 e. The Morgan fingerprint density at radius 1 is 1.19 bits per heavy atom. The second kappa shape index (κ2) is 9.53. The number of nitrogens with zero attached hydrogens (tertiary/aromatic N) is 2. The van der Waals surface area contributed by atoms with Gasteiger partial charge in [-0.1, -0.05) is 17.7 Å². The normalized spacial score (nSPS) is 16.1. The summed E-state index contributed by atoms with van der Waals surface area (Å²) in [6, 6.07) is 4.31. The Morgan fingerprint density at radius 2 is 1.88 bits per heavy atom. The van der Waals surface area contributed by atoms with Crippen molar-refractivity contribution in [3.8, 4) is 0 Å². The Bertz CT molecular complexity index is 585. The van der Waals surface area contributed by atoms with Crippen LogP contribution in [0.3, 0.4) is 0 Å². The van der Waals surface area contributed by atoms with Gasteiger partial charge in [0.2, 0.25) is 5.91 Å². The molecule has 1 heterocycles. The number of rotatable bonds is 7. The van der Waals surface area contributed by atoms with Crippen LogP contribution in [-0.2, 0) is 16.0 Å². The van der Waals surface area contributed by atoms with E-state index in [0.717, 1.165) is 0 Å². The largest absolute Gasteiger partial charge is 0.411 e. The molecule has 1 saturated heterocycles. The molecule has 1 aromatic carbocycles. The number of carbonyl (C=O) groups excluding carboxylic acids is 1. The molecule has 1 amide bonds. The van der Waals surface area contributed by atoms with Gasteiger partial charge in [0, 0.05) is 49.9 Å². The predicted octanol–water partition coefficient (Wildman–Crippen LogP) is 3.13. The first-order valence-corrected chi connectivity index (χ1v) is 8.71. The van der Waals surface area contributed by atoms with E-state index in [9.17, 15) is 22.4 Å². The Kier molecular flexibility index (Phi) is 7.67. The molecule has 0 atom stereocenters. The lowest BCUT2D eigenvalue weighted by atomic mass is 10.1. The van der Waals surface area contributed by atoms with Gasteiger partial charge in [0.25, 0.3) is 0 Å². The molecule has 2 rings (SSSR count). The highest BCUT2D eigenvalue weighted by molar-refractivity contribution is 6.31. The summed E-state index contributed by atoms with van der Waals surface area (Å²) in [5, 5.41) is 0.232. The lowest BCUT2D eigenvalue weighted by Crippen LogP contribution is -2.49. The van der Waals surface area contributed by atoms with E-state index in [-0.39, 0.29) is 29.5 Å². The minimum absolute atomic E-state index is 0.0461. The van der Waals surface area contributed by atoms with Gasteiger partial charge < -0.3 is 9.64 Å². The minimum atomic E-state index is -4.30. The topological polar surface area (TPSA) is 32.8 Å². The van der Waals surface area contributed by atoms with Crippen LogP contribution in [0.4, 0.5) is 17.6 Å². The fourth-order valence-electron chi connectivity index (χ4n) is 2.76. The monoisotopic (exact) mass is 396 g/mol. The van der Waals surface area contributed by atoms with Crippen LogP contribution in [-0.4, -0.2) is 67.8 Å². The summed E-state index contributed by atoms with van der Waals surface area (Å²) in [6.07, 6.45) is -3.89. The Labute approximate surface area is 154 Å². The van der Waals surface area contributed by atoms with Crippen LogP contribution >= 0.6 is 11.6 Å². The lowest BCUT2D eigenvalue weighted by Gasteiger charge is -2.34. The molecule has 1 aromatic rings. The molecule has 0 aromatic heterocycles. The average Bonchev–Trinajstić information content (AvgIpc) is 2.57. The summed E-state index contributed by atoms with van der Waals surface area (Å²) in [5.74, 6) is -0.687. The first-order chi connectivity index (χ1) is 12.3. The van der Waals surface area contributed by atoms with Gasteiger partial charge in [0.05, 0.1) is 6.42 Å². The fourth-order valence-corrected chi connectivity index (χ4v) is 2.99. The van der Waals surface area contributed by atoms with Crippen LogP contribution in [0.15, 0.2) is 18.2 Å². The van der Waals surface area contributed by atoms with Gasteiger partial charge in [-0.3, -0.25) is 9.69 Å². The van der Waals surface area contributed by atoms with Crippen molar-refractivity contribution in [3.63, 3.8) is 0 Å². The maximum absolute atomic E-state index is 13.8. The number of halogens is 5. The zero-order valence-corrected chi connectivity index (χ0v) is 15.0.